The van der Waals surface area contributed by atoms with Crippen LogP contribution in [0.4, 0.5) is 0 Å². The Labute approximate surface area is 306 Å². The molecule has 9 nitrogen and oxygen atoms in total. The van der Waals surface area contributed by atoms with E-state index in [1.165, 1.54) is 4.70 Å². The molecule has 0 bridgehead atoms. The maximum absolute atomic E-state index is 12.4. The van der Waals surface area contributed by atoms with Crippen LogP contribution in [-0.4, -0.2) is 39.0 Å². The number of hydroxylamine groups is 1. The largest absolute Gasteiger partial charge is 0.392 e. The molecule has 1 aliphatic heterocycles. The average molecular weight is 726 g/mol. The third-order valence-corrected chi connectivity index (χ3v) is 11.2. The molecule has 1 saturated heterocycles. The summed E-state index contributed by atoms with van der Waals surface area (Å²) in [6, 6.07) is 32.6. The number of benzene rings is 4. The number of nitrogens with zero attached hydrogens (tertiary/aromatic N) is 1. The Morgan fingerprint density at radius 2 is 1.55 bits per heavy atom. The van der Waals surface area contributed by atoms with Gasteiger partial charge in [0, 0.05) is 37.1 Å². The van der Waals surface area contributed by atoms with E-state index in [1.807, 2.05) is 54.6 Å². The predicted molar refractivity (Wildman–Crippen MR) is 200 cm³/mol. The number of aliphatic hydroxyl groups excluding tert-OH is 1. The number of para-hydroxylation sites is 1. The number of rotatable bonds is 16. The van der Waals surface area contributed by atoms with E-state index in [4.69, 9.17) is 19.7 Å². The zero-order valence-corrected chi connectivity index (χ0v) is 30.0. The van der Waals surface area contributed by atoms with Crippen LogP contribution in [0.5, 0.6) is 0 Å². The van der Waals surface area contributed by atoms with Crippen molar-refractivity contribution in [1.29, 1.82) is 0 Å². The highest BCUT2D eigenvalue weighted by molar-refractivity contribution is 8.01. The molecule has 2 heterocycles. The number of carbonyl (C=O) groups is 2. The summed E-state index contributed by atoms with van der Waals surface area (Å²) in [5.74, 6) is 0.372. The van der Waals surface area contributed by atoms with E-state index in [0.717, 1.165) is 68.3 Å². The molecule has 51 heavy (non-hydrogen) atoms. The summed E-state index contributed by atoms with van der Waals surface area (Å²) in [6.45, 7) is 0.447. The van der Waals surface area contributed by atoms with Gasteiger partial charge in [-0.2, -0.15) is 0 Å². The molecule has 1 fully saturated rings. The fourth-order valence-corrected chi connectivity index (χ4v) is 8.18. The highest BCUT2D eigenvalue weighted by Gasteiger charge is 2.32. The number of thioether (sulfide) groups is 1. The zero-order valence-electron chi connectivity index (χ0n) is 28.3. The van der Waals surface area contributed by atoms with Crippen LogP contribution in [0.3, 0.4) is 0 Å². The molecule has 3 atom stereocenters. The summed E-state index contributed by atoms with van der Waals surface area (Å²) in [5, 5.41) is 21.1. The molecular weight excluding hydrogens is 683 g/mol. The lowest BCUT2D eigenvalue weighted by atomic mass is 9.99. The molecule has 3 unspecified atom stereocenters. The molecule has 4 aromatic carbocycles. The second kappa shape index (κ2) is 18.4. The van der Waals surface area contributed by atoms with Gasteiger partial charge in [-0.1, -0.05) is 103 Å². The number of carbonyl (C=O) groups excluding carboxylic acids is 2. The first kappa shape index (κ1) is 36.7. The van der Waals surface area contributed by atoms with Crippen LogP contribution in [-0.2, 0) is 32.2 Å². The molecule has 0 radical (unpaired) electrons. The van der Waals surface area contributed by atoms with Crippen molar-refractivity contribution in [2.75, 3.05) is 5.75 Å². The number of hydrogen-bond acceptors (Lipinski definition) is 9. The van der Waals surface area contributed by atoms with E-state index in [1.54, 1.807) is 28.6 Å². The fourth-order valence-electron chi connectivity index (χ4n) is 6.06. The van der Waals surface area contributed by atoms with Gasteiger partial charge in [-0.25, -0.2) is 10.5 Å². The van der Waals surface area contributed by atoms with Crippen molar-refractivity contribution in [3.63, 3.8) is 0 Å². The van der Waals surface area contributed by atoms with Crippen molar-refractivity contribution in [3.8, 4) is 11.1 Å². The maximum atomic E-state index is 12.4. The van der Waals surface area contributed by atoms with Gasteiger partial charge in [0.15, 0.2) is 10.6 Å². The third kappa shape index (κ3) is 10.5. The first-order valence-electron chi connectivity index (χ1n) is 17.4. The van der Waals surface area contributed by atoms with Gasteiger partial charge in [0.05, 0.1) is 29.0 Å². The number of aliphatic hydroxyl groups is 1. The Morgan fingerprint density at radius 3 is 2.29 bits per heavy atom. The molecule has 1 aromatic heterocycles. The molecule has 11 heteroatoms. The van der Waals surface area contributed by atoms with Gasteiger partial charge in [0.25, 0.3) is 0 Å². The number of aromatic nitrogens is 1. The minimum absolute atomic E-state index is 0.000676. The van der Waals surface area contributed by atoms with Crippen molar-refractivity contribution < 1.29 is 29.4 Å². The van der Waals surface area contributed by atoms with Crippen LogP contribution in [0.25, 0.3) is 21.3 Å². The number of hydrogen-bond donors (Lipinski definition) is 4. The lowest BCUT2D eigenvalue weighted by molar-refractivity contribution is -0.245. The SMILES string of the molecule is O=C(CCCCCCC(=O)NCc1cccc(-c2ccc(C3OC(CSc4nc5ccccc5s4)CC(c4ccc(CO)cc4)O3)cc2)c1)NO. The smallest absolute Gasteiger partial charge is 0.243 e. The van der Waals surface area contributed by atoms with Crippen molar-refractivity contribution >= 4 is 45.1 Å². The molecule has 0 spiro atoms. The Balaban J connectivity index is 1.06. The molecule has 2 amide bonds. The lowest BCUT2D eigenvalue weighted by Crippen LogP contribution is -2.31. The van der Waals surface area contributed by atoms with Crippen molar-refractivity contribution in [2.45, 2.75) is 80.9 Å². The summed E-state index contributed by atoms with van der Waals surface area (Å²) >= 11 is 3.42. The van der Waals surface area contributed by atoms with Crippen LogP contribution in [0.15, 0.2) is 101 Å². The maximum Gasteiger partial charge on any atom is 0.243 e. The van der Waals surface area contributed by atoms with E-state index in [2.05, 4.69) is 47.8 Å². The molecule has 4 N–H and O–H groups in total. The summed E-state index contributed by atoms with van der Waals surface area (Å²) in [5.41, 5.74) is 8.63. The Hall–Kier alpha value is -4.10. The summed E-state index contributed by atoms with van der Waals surface area (Å²) in [6.07, 6.45) is 3.81. The van der Waals surface area contributed by atoms with Gasteiger partial charge in [0.2, 0.25) is 11.8 Å². The molecule has 266 valence electrons. The first-order valence-corrected chi connectivity index (χ1v) is 19.2. The number of fused-ring (bicyclic) bond motifs is 1. The number of ether oxygens (including phenoxy) is 2. The van der Waals surface area contributed by atoms with E-state index < -0.39 is 6.29 Å². The average Bonchev–Trinajstić information content (AvgIpc) is 3.61. The second-order valence-electron chi connectivity index (χ2n) is 12.7. The van der Waals surface area contributed by atoms with Crippen molar-refractivity contribution in [1.82, 2.24) is 15.8 Å². The second-order valence-corrected chi connectivity index (χ2v) is 15.0. The quantitative estimate of drug-likeness (QED) is 0.0346. The van der Waals surface area contributed by atoms with Crippen LogP contribution in [0.2, 0.25) is 0 Å². The normalized spacial score (nSPS) is 17.3. The van der Waals surface area contributed by atoms with Gasteiger partial charge < -0.3 is 19.9 Å². The Bertz CT molecular complexity index is 1850. The van der Waals surface area contributed by atoms with E-state index in [9.17, 15) is 14.7 Å². The van der Waals surface area contributed by atoms with Crippen molar-refractivity contribution in [3.05, 3.63) is 119 Å². The van der Waals surface area contributed by atoms with Gasteiger partial charge in [-0.3, -0.25) is 14.8 Å². The lowest BCUT2D eigenvalue weighted by Gasteiger charge is -2.36. The van der Waals surface area contributed by atoms with Crippen LogP contribution < -0.4 is 10.8 Å². The predicted octanol–water partition coefficient (Wildman–Crippen LogP) is 8.26. The number of thiazole rings is 1. The minimum Gasteiger partial charge on any atom is -0.392 e. The summed E-state index contributed by atoms with van der Waals surface area (Å²) < 4.78 is 15.3. The highest BCUT2D eigenvalue weighted by atomic mass is 32.2. The summed E-state index contributed by atoms with van der Waals surface area (Å²) in [4.78, 5) is 28.3. The van der Waals surface area contributed by atoms with Crippen LogP contribution in [0, 0.1) is 0 Å². The van der Waals surface area contributed by atoms with Crippen molar-refractivity contribution in [2.24, 2.45) is 0 Å². The van der Waals surface area contributed by atoms with Crippen LogP contribution in [0.1, 0.15) is 79.6 Å². The Kier molecular flexibility index (Phi) is 13.2. The molecule has 0 aliphatic carbocycles. The van der Waals surface area contributed by atoms with Crippen LogP contribution >= 0.6 is 23.1 Å². The molecule has 5 aromatic rings. The van der Waals surface area contributed by atoms with Gasteiger partial charge >= 0.3 is 0 Å². The van der Waals surface area contributed by atoms with E-state index in [0.29, 0.717) is 25.8 Å². The molecule has 1 aliphatic rings. The number of amides is 2. The molecular formula is C40H43N3O6S2. The number of nitrogens with one attached hydrogen (secondary N) is 2. The first-order chi connectivity index (χ1) is 25.0. The van der Waals surface area contributed by atoms with Gasteiger partial charge in [-0.05, 0) is 58.9 Å². The standard InChI is InChI=1S/C40H43N3O6S2/c44-25-27-14-16-30(17-15-27)35-23-33(26-50-40-42-34-10-5-6-11-36(34)51-40)48-39(49-35)31-20-18-29(19-21-31)32-9-7-8-28(22-32)24-41-37(45)12-3-1-2-4-13-38(46)43-47/h5-11,14-22,33,35,39,44,47H,1-4,12-13,23-26H2,(H,41,45)(H,43,46). The topological polar surface area (TPSA) is 130 Å². The molecule has 0 saturated carbocycles. The number of unbranched alkanes of at least 4 members (excludes halogenated alkanes) is 3. The molecule has 6 rings (SSSR count). The zero-order chi connectivity index (χ0) is 35.4. The van der Waals surface area contributed by atoms with E-state index >= 15 is 0 Å². The summed E-state index contributed by atoms with van der Waals surface area (Å²) in [7, 11) is 0. The van der Waals surface area contributed by atoms with Gasteiger partial charge in [0.1, 0.15) is 0 Å². The highest BCUT2D eigenvalue weighted by Crippen LogP contribution is 2.40. The minimum atomic E-state index is -0.544. The fraction of sp³-hybridized carbons (Fsp3) is 0.325. The van der Waals surface area contributed by atoms with E-state index in [-0.39, 0.29) is 37.0 Å². The third-order valence-electron chi connectivity index (χ3n) is 8.90. The van der Waals surface area contributed by atoms with Gasteiger partial charge in [-0.15, -0.1) is 11.3 Å². The Morgan fingerprint density at radius 1 is 0.804 bits per heavy atom. The monoisotopic (exact) mass is 725 g/mol.